The van der Waals surface area contributed by atoms with Gasteiger partial charge < -0.3 is 10.4 Å². The molecule has 0 radical (unpaired) electrons. The largest absolute Gasteiger partial charge is 0.508 e. The van der Waals surface area contributed by atoms with Crippen LogP contribution < -0.4 is 5.32 Å². The third-order valence-electron chi connectivity index (χ3n) is 1.99. The number of phenols is 1. The molecule has 14 heavy (non-hydrogen) atoms. The van der Waals surface area contributed by atoms with Gasteiger partial charge in [-0.1, -0.05) is 34.6 Å². The molecule has 2 nitrogen and oxygen atoms in total. The van der Waals surface area contributed by atoms with Crippen LogP contribution in [0.4, 0.5) is 0 Å². The fourth-order valence-corrected chi connectivity index (χ4v) is 1.31. The van der Waals surface area contributed by atoms with Gasteiger partial charge in [0, 0.05) is 17.1 Å². The van der Waals surface area contributed by atoms with E-state index in [2.05, 4.69) is 34.7 Å². The topological polar surface area (TPSA) is 32.3 Å². The molecular weight excluding hydrogens is 242 g/mol. The summed E-state index contributed by atoms with van der Waals surface area (Å²) in [7, 11) is 0. The van der Waals surface area contributed by atoms with Crippen molar-refractivity contribution >= 4 is 15.9 Å². The lowest BCUT2D eigenvalue weighted by Crippen LogP contribution is -2.19. The zero-order valence-electron chi connectivity index (χ0n) is 8.13. The van der Waals surface area contributed by atoms with Crippen molar-refractivity contribution in [3.05, 3.63) is 40.9 Å². The summed E-state index contributed by atoms with van der Waals surface area (Å²) in [5.41, 5.74) is 1.15. The highest BCUT2D eigenvalue weighted by atomic mass is 79.9. The zero-order valence-corrected chi connectivity index (χ0v) is 9.71. The number of aromatic hydroxyl groups is 1. The number of nitrogens with one attached hydrogen (secondary N) is 1. The third kappa shape index (κ3) is 3.52. The van der Waals surface area contributed by atoms with Gasteiger partial charge in [-0.25, -0.2) is 0 Å². The van der Waals surface area contributed by atoms with E-state index in [0.29, 0.717) is 5.75 Å². The van der Waals surface area contributed by atoms with Crippen molar-refractivity contribution in [3.8, 4) is 5.75 Å². The van der Waals surface area contributed by atoms with Crippen LogP contribution in [0.5, 0.6) is 5.75 Å². The van der Waals surface area contributed by atoms with Gasteiger partial charge in [-0.15, -0.1) is 0 Å². The highest BCUT2D eigenvalue weighted by molar-refractivity contribution is 9.11. The predicted molar refractivity (Wildman–Crippen MR) is 62.6 cm³/mol. The molecule has 0 aliphatic carbocycles. The molecule has 0 aromatic heterocycles. The van der Waals surface area contributed by atoms with E-state index in [0.717, 1.165) is 16.6 Å². The lowest BCUT2D eigenvalue weighted by atomic mass is 10.1. The normalized spacial score (nSPS) is 12.4. The Morgan fingerprint density at radius 1 is 1.50 bits per heavy atom. The van der Waals surface area contributed by atoms with Crippen LogP contribution in [-0.4, -0.2) is 11.7 Å². The average Bonchev–Trinajstić information content (AvgIpc) is 2.15. The summed E-state index contributed by atoms with van der Waals surface area (Å²) >= 11 is 3.29. The van der Waals surface area contributed by atoms with Gasteiger partial charge >= 0.3 is 0 Å². The van der Waals surface area contributed by atoms with Gasteiger partial charge in [0.15, 0.2) is 0 Å². The van der Waals surface area contributed by atoms with E-state index in [4.69, 9.17) is 5.11 Å². The van der Waals surface area contributed by atoms with Crippen LogP contribution in [0.15, 0.2) is 35.3 Å². The van der Waals surface area contributed by atoms with Crippen LogP contribution in [0.2, 0.25) is 0 Å². The van der Waals surface area contributed by atoms with Crippen molar-refractivity contribution in [3.63, 3.8) is 0 Å². The van der Waals surface area contributed by atoms with Crippen molar-refractivity contribution in [2.45, 2.75) is 13.0 Å². The van der Waals surface area contributed by atoms with Crippen LogP contribution in [-0.2, 0) is 0 Å². The van der Waals surface area contributed by atoms with Crippen molar-refractivity contribution in [1.82, 2.24) is 5.32 Å². The van der Waals surface area contributed by atoms with Crippen molar-refractivity contribution in [1.29, 1.82) is 0 Å². The molecule has 1 aromatic carbocycles. The van der Waals surface area contributed by atoms with Crippen LogP contribution in [0.3, 0.4) is 0 Å². The first-order valence-corrected chi connectivity index (χ1v) is 5.24. The first-order valence-electron chi connectivity index (χ1n) is 4.45. The Kier molecular flexibility index (Phi) is 4.17. The van der Waals surface area contributed by atoms with Gasteiger partial charge in [0.25, 0.3) is 0 Å². The second kappa shape index (κ2) is 5.17. The standard InChI is InChI=1S/C11H14BrNO/c1-8(12)7-13-9(2)10-3-5-11(14)6-4-10/h3-6,9,13-14H,1,7H2,2H3. The van der Waals surface area contributed by atoms with E-state index >= 15 is 0 Å². The minimum absolute atomic E-state index is 0.255. The quantitative estimate of drug-likeness (QED) is 0.868. The molecule has 0 amide bonds. The van der Waals surface area contributed by atoms with Crippen LogP contribution in [0, 0.1) is 0 Å². The number of rotatable bonds is 4. The highest BCUT2D eigenvalue weighted by Gasteiger charge is 2.03. The van der Waals surface area contributed by atoms with Gasteiger partial charge in [-0.3, -0.25) is 0 Å². The molecule has 2 N–H and O–H groups in total. The summed E-state index contributed by atoms with van der Waals surface area (Å²) in [5, 5.41) is 12.4. The molecule has 0 aliphatic heterocycles. The SMILES string of the molecule is C=C(Br)CNC(C)c1ccc(O)cc1. The molecular formula is C11H14BrNO. The molecule has 1 unspecified atom stereocenters. The minimum Gasteiger partial charge on any atom is -0.508 e. The van der Waals surface area contributed by atoms with Crippen LogP contribution in [0.1, 0.15) is 18.5 Å². The number of hydrogen-bond donors (Lipinski definition) is 2. The first-order chi connectivity index (χ1) is 6.59. The lowest BCUT2D eigenvalue weighted by Gasteiger charge is -2.13. The number of hydrogen-bond acceptors (Lipinski definition) is 2. The Labute approximate surface area is 92.8 Å². The fraction of sp³-hybridized carbons (Fsp3) is 0.273. The maximum Gasteiger partial charge on any atom is 0.115 e. The third-order valence-corrected chi connectivity index (χ3v) is 2.27. The Bertz CT molecular complexity index is 308. The van der Waals surface area contributed by atoms with E-state index in [1.807, 2.05) is 12.1 Å². The maximum absolute atomic E-state index is 9.11. The minimum atomic E-state index is 0.255. The number of benzene rings is 1. The number of phenolic OH excluding ortho intramolecular Hbond substituents is 1. The Morgan fingerprint density at radius 2 is 2.07 bits per heavy atom. The van der Waals surface area contributed by atoms with Gasteiger partial charge in [-0.05, 0) is 24.6 Å². The fourth-order valence-electron chi connectivity index (χ4n) is 1.14. The summed E-state index contributed by atoms with van der Waals surface area (Å²) in [6.07, 6.45) is 0. The molecule has 0 heterocycles. The molecule has 0 bridgehead atoms. The Hall–Kier alpha value is -0.800. The second-order valence-electron chi connectivity index (χ2n) is 3.21. The van der Waals surface area contributed by atoms with Crippen molar-refractivity contribution in [2.75, 3.05) is 6.54 Å². The summed E-state index contributed by atoms with van der Waals surface area (Å²) in [6, 6.07) is 7.45. The molecule has 0 fully saturated rings. The van der Waals surface area contributed by atoms with E-state index < -0.39 is 0 Å². The van der Waals surface area contributed by atoms with Crippen LogP contribution >= 0.6 is 15.9 Å². The summed E-state index contributed by atoms with van der Waals surface area (Å²) in [5.74, 6) is 0.297. The summed E-state index contributed by atoms with van der Waals surface area (Å²) in [4.78, 5) is 0. The predicted octanol–water partition coefficient (Wildman–Crippen LogP) is 2.95. The van der Waals surface area contributed by atoms with Gasteiger partial charge in [0.05, 0.1) is 0 Å². The first kappa shape index (κ1) is 11.3. The van der Waals surface area contributed by atoms with E-state index in [1.165, 1.54) is 0 Å². The lowest BCUT2D eigenvalue weighted by molar-refractivity contribution is 0.474. The Balaban J connectivity index is 2.56. The molecule has 0 aliphatic rings. The highest BCUT2D eigenvalue weighted by Crippen LogP contribution is 2.16. The van der Waals surface area contributed by atoms with Crippen molar-refractivity contribution < 1.29 is 5.11 Å². The van der Waals surface area contributed by atoms with Gasteiger partial charge in [-0.2, -0.15) is 0 Å². The van der Waals surface area contributed by atoms with Crippen LogP contribution in [0.25, 0.3) is 0 Å². The van der Waals surface area contributed by atoms with E-state index in [1.54, 1.807) is 12.1 Å². The molecule has 1 aromatic rings. The molecule has 0 saturated heterocycles. The number of halogens is 1. The van der Waals surface area contributed by atoms with Gasteiger partial charge in [0.2, 0.25) is 0 Å². The average molecular weight is 256 g/mol. The monoisotopic (exact) mass is 255 g/mol. The zero-order chi connectivity index (χ0) is 10.6. The van der Waals surface area contributed by atoms with E-state index in [-0.39, 0.29) is 6.04 Å². The molecule has 3 heteroatoms. The van der Waals surface area contributed by atoms with E-state index in [9.17, 15) is 0 Å². The smallest absolute Gasteiger partial charge is 0.115 e. The molecule has 1 rings (SSSR count). The summed E-state index contributed by atoms with van der Waals surface area (Å²) < 4.78 is 0.933. The maximum atomic E-state index is 9.11. The molecule has 76 valence electrons. The molecule has 0 saturated carbocycles. The summed E-state index contributed by atoms with van der Waals surface area (Å²) in [6.45, 7) is 6.56. The molecule has 1 atom stereocenters. The van der Waals surface area contributed by atoms with Crippen molar-refractivity contribution in [2.24, 2.45) is 0 Å². The Morgan fingerprint density at radius 3 is 2.57 bits per heavy atom. The molecule has 0 spiro atoms. The van der Waals surface area contributed by atoms with Gasteiger partial charge in [0.1, 0.15) is 5.75 Å². The second-order valence-corrected chi connectivity index (χ2v) is 4.33.